The zero-order chi connectivity index (χ0) is 7.68. The second kappa shape index (κ2) is 2.87. The Morgan fingerprint density at radius 3 is 2.91 bits per heavy atom. The largest absolute Gasteiger partial charge is 0.454 e. The van der Waals surface area contributed by atoms with E-state index in [9.17, 15) is 0 Å². The fourth-order valence-corrected chi connectivity index (χ4v) is 1.56. The molecule has 58 valence electrons. The second-order valence-electron chi connectivity index (χ2n) is 2.11. The third kappa shape index (κ3) is 1.28. The maximum absolute atomic E-state index is 5.17. The molecule has 0 atom stereocenters. The average Bonchev–Trinajstić information content (AvgIpc) is 2.50. The van der Waals surface area contributed by atoms with E-state index in [1.54, 1.807) is 0 Å². The molecule has 1 aliphatic heterocycles. The quantitative estimate of drug-likeness (QED) is 0.536. The Morgan fingerprint density at radius 2 is 2.09 bits per heavy atom. The van der Waals surface area contributed by atoms with Gasteiger partial charge in [0, 0.05) is 4.90 Å². The van der Waals surface area contributed by atoms with Crippen LogP contribution in [0.5, 0.6) is 11.5 Å². The van der Waals surface area contributed by atoms with E-state index in [0.29, 0.717) is 6.79 Å². The highest BCUT2D eigenvalue weighted by atomic mass is 33.1. The van der Waals surface area contributed by atoms with Crippen LogP contribution in [0, 0.1) is 0 Å². The van der Waals surface area contributed by atoms with Crippen LogP contribution in [0.3, 0.4) is 0 Å². The van der Waals surface area contributed by atoms with E-state index in [-0.39, 0.29) is 0 Å². The van der Waals surface area contributed by atoms with Crippen LogP contribution >= 0.6 is 22.5 Å². The predicted molar refractivity (Wildman–Crippen MR) is 47.4 cm³/mol. The molecule has 0 radical (unpaired) electrons. The van der Waals surface area contributed by atoms with Crippen molar-refractivity contribution in [1.29, 1.82) is 0 Å². The molecular weight excluding hydrogens is 180 g/mol. The first-order chi connectivity index (χ1) is 5.40. The van der Waals surface area contributed by atoms with Gasteiger partial charge in [0.05, 0.1) is 0 Å². The zero-order valence-corrected chi connectivity index (χ0v) is 7.32. The summed E-state index contributed by atoms with van der Waals surface area (Å²) in [4.78, 5) is 1.07. The Balaban J connectivity index is 2.41. The van der Waals surface area contributed by atoms with Gasteiger partial charge in [-0.2, -0.15) is 0 Å². The topological polar surface area (TPSA) is 18.5 Å². The minimum Gasteiger partial charge on any atom is -0.454 e. The van der Waals surface area contributed by atoms with Crippen LogP contribution in [0.4, 0.5) is 0 Å². The van der Waals surface area contributed by atoms with Gasteiger partial charge in [-0.3, -0.25) is 0 Å². The Kier molecular flexibility index (Phi) is 1.87. The molecule has 1 aliphatic rings. The maximum Gasteiger partial charge on any atom is 0.231 e. The van der Waals surface area contributed by atoms with Crippen LogP contribution in [0.1, 0.15) is 0 Å². The monoisotopic (exact) mass is 186 g/mol. The van der Waals surface area contributed by atoms with Crippen molar-refractivity contribution in [3.05, 3.63) is 18.2 Å². The Hall–Kier alpha value is -0.480. The summed E-state index contributed by atoms with van der Waals surface area (Å²) < 4.78 is 10.3. The van der Waals surface area contributed by atoms with Crippen LogP contribution in [0.2, 0.25) is 0 Å². The molecule has 0 amide bonds. The van der Waals surface area contributed by atoms with Crippen LogP contribution in [0.15, 0.2) is 23.1 Å². The van der Waals surface area contributed by atoms with Gasteiger partial charge in [0.1, 0.15) is 0 Å². The standard InChI is InChI=1S/C7H6O2S2/c10-11-5-1-2-6-7(3-5)9-4-8-6/h1-3,10H,4H2. The molecule has 2 nitrogen and oxygen atoms in total. The van der Waals surface area contributed by atoms with Gasteiger partial charge in [0.15, 0.2) is 11.5 Å². The molecule has 1 aromatic carbocycles. The highest BCUT2D eigenvalue weighted by Gasteiger charge is 2.12. The molecule has 0 aromatic heterocycles. The minimum atomic E-state index is 0.329. The number of fused-ring (bicyclic) bond motifs is 1. The molecule has 0 aliphatic carbocycles. The van der Waals surface area contributed by atoms with Crippen molar-refractivity contribution in [1.82, 2.24) is 0 Å². The molecule has 0 fully saturated rings. The first kappa shape index (κ1) is 7.18. The van der Waals surface area contributed by atoms with E-state index in [4.69, 9.17) is 9.47 Å². The van der Waals surface area contributed by atoms with Crippen LogP contribution in [-0.2, 0) is 0 Å². The lowest BCUT2D eigenvalue weighted by Crippen LogP contribution is -1.92. The molecule has 1 aromatic rings. The summed E-state index contributed by atoms with van der Waals surface area (Å²) in [5, 5.41) is 0. The predicted octanol–water partition coefficient (Wildman–Crippen LogP) is 2.35. The fourth-order valence-electron chi connectivity index (χ4n) is 0.934. The minimum absolute atomic E-state index is 0.329. The van der Waals surface area contributed by atoms with Gasteiger partial charge in [-0.1, -0.05) is 10.8 Å². The van der Waals surface area contributed by atoms with Crippen molar-refractivity contribution in [2.45, 2.75) is 4.90 Å². The Morgan fingerprint density at radius 1 is 1.27 bits per heavy atom. The van der Waals surface area contributed by atoms with Gasteiger partial charge in [-0.05, 0) is 18.2 Å². The molecular formula is C7H6O2S2. The van der Waals surface area contributed by atoms with E-state index in [2.05, 4.69) is 11.7 Å². The van der Waals surface area contributed by atoms with Crippen LogP contribution in [0.25, 0.3) is 0 Å². The Labute approximate surface area is 73.7 Å². The smallest absolute Gasteiger partial charge is 0.231 e. The molecule has 0 spiro atoms. The SMILES string of the molecule is SSc1ccc2c(c1)OCO2. The number of thiol groups is 1. The summed E-state index contributed by atoms with van der Waals surface area (Å²) in [5.74, 6) is 1.63. The third-order valence-electron chi connectivity index (χ3n) is 1.45. The van der Waals surface area contributed by atoms with Crippen LogP contribution < -0.4 is 9.47 Å². The lowest BCUT2D eigenvalue weighted by Gasteiger charge is -1.96. The van der Waals surface area contributed by atoms with E-state index in [1.165, 1.54) is 10.8 Å². The van der Waals surface area contributed by atoms with Gasteiger partial charge in [-0.25, -0.2) is 0 Å². The first-order valence-electron chi connectivity index (χ1n) is 3.11. The molecule has 11 heavy (non-hydrogen) atoms. The summed E-state index contributed by atoms with van der Waals surface area (Å²) in [6.07, 6.45) is 0. The Bertz CT molecular complexity index is 275. The van der Waals surface area contributed by atoms with Gasteiger partial charge >= 0.3 is 0 Å². The van der Waals surface area contributed by atoms with E-state index in [1.807, 2.05) is 18.2 Å². The fraction of sp³-hybridized carbons (Fsp3) is 0.143. The highest BCUT2D eigenvalue weighted by molar-refractivity contribution is 8.68. The number of hydrogen-bond donors (Lipinski definition) is 1. The molecule has 0 bridgehead atoms. The van der Waals surface area contributed by atoms with Crippen molar-refractivity contribution in [3.8, 4) is 11.5 Å². The summed E-state index contributed by atoms with van der Waals surface area (Å²) >= 11 is 4.07. The van der Waals surface area contributed by atoms with E-state index >= 15 is 0 Å². The van der Waals surface area contributed by atoms with E-state index in [0.717, 1.165) is 16.4 Å². The maximum atomic E-state index is 5.17. The van der Waals surface area contributed by atoms with Gasteiger partial charge in [0.25, 0.3) is 0 Å². The lowest BCUT2D eigenvalue weighted by atomic mass is 10.3. The molecule has 1 heterocycles. The summed E-state index contributed by atoms with van der Waals surface area (Å²) in [5.41, 5.74) is 0. The molecule has 0 unspecified atom stereocenters. The van der Waals surface area contributed by atoms with Crippen molar-refractivity contribution >= 4 is 22.5 Å². The average molecular weight is 186 g/mol. The summed E-state index contributed by atoms with van der Waals surface area (Å²) in [6.45, 7) is 0.329. The van der Waals surface area contributed by atoms with Gasteiger partial charge in [-0.15, -0.1) is 11.7 Å². The number of ether oxygens (including phenoxy) is 2. The molecule has 2 rings (SSSR count). The van der Waals surface area contributed by atoms with Crippen molar-refractivity contribution in [2.75, 3.05) is 6.79 Å². The number of rotatable bonds is 1. The van der Waals surface area contributed by atoms with E-state index < -0.39 is 0 Å². The molecule has 0 N–H and O–H groups in total. The summed E-state index contributed by atoms with van der Waals surface area (Å²) in [7, 11) is 1.39. The van der Waals surface area contributed by atoms with Gasteiger partial charge in [0.2, 0.25) is 6.79 Å². The zero-order valence-electron chi connectivity index (χ0n) is 5.61. The van der Waals surface area contributed by atoms with Gasteiger partial charge < -0.3 is 9.47 Å². The first-order valence-corrected chi connectivity index (χ1v) is 4.98. The number of hydrogen-bond acceptors (Lipinski definition) is 4. The molecule has 0 saturated carbocycles. The van der Waals surface area contributed by atoms with Crippen molar-refractivity contribution in [2.24, 2.45) is 0 Å². The van der Waals surface area contributed by atoms with Crippen LogP contribution in [-0.4, -0.2) is 6.79 Å². The molecule has 4 heteroatoms. The second-order valence-corrected chi connectivity index (χ2v) is 3.31. The summed E-state index contributed by atoms with van der Waals surface area (Å²) in [6, 6.07) is 5.76. The third-order valence-corrected chi connectivity index (χ3v) is 2.55. The highest BCUT2D eigenvalue weighted by Crippen LogP contribution is 2.36. The van der Waals surface area contributed by atoms with Crippen molar-refractivity contribution in [3.63, 3.8) is 0 Å². The normalized spacial score (nSPS) is 13.5. The lowest BCUT2D eigenvalue weighted by molar-refractivity contribution is 0.174. The van der Waals surface area contributed by atoms with Crippen molar-refractivity contribution < 1.29 is 9.47 Å². The molecule has 0 saturated heterocycles. The number of benzene rings is 1.